The predicted molar refractivity (Wildman–Crippen MR) is 51.6 cm³/mol. The van der Waals surface area contributed by atoms with Crippen molar-refractivity contribution < 1.29 is 0 Å². The summed E-state index contributed by atoms with van der Waals surface area (Å²) in [5.41, 5.74) is 6.10. The Morgan fingerprint density at radius 2 is 2.31 bits per heavy atom. The van der Waals surface area contributed by atoms with Gasteiger partial charge in [-0.05, 0) is 26.8 Å². The SMILES string of the molecule is CC(C)n1cncc(CCN)c1=O. The van der Waals surface area contributed by atoms with Gasteiger partial charge in [-0.25, -0.2) is 4.98 Å². The van der Waals surface area contributed by atoms with Crippen molar-refractivity contribution in [2.45, 2.75) is 26.3 Å². The molecule has 0 radical (unpaired) electrons. The maximum atomic E-state index is 11.7. The standard InChI is InChI=1S/C9H15N3O/c1-7(2)12-6-11-5-8(3-4-10)9(12)13/h5-7H,3-4,10H2,1-2H3. The summed E-state index contributed by atoms with van der Waals surface area (Å²) in [6.45, 7) is 4.39. The molecule has 0 aliphatic rings. The first kappa shape index (κ1) is 9.92. The Balaban J connectivity index is 3.11. The van der Waals surface area contributed by atoms with Crippen molar-refractivity contribution in [1.82, 2.24) is 9.55 Å². The van der Waals surface area contributed by atoms with E-state index in [0.717, 1.165) is 0 Å². The molecule has 0 unspecified atom stereocenters. The second-order valence-electron chi connectivity index (χ2n) is 3.26. The molecule has 0 spiro atoms. The van der Waals surface area contributed by atoms with Gasteiger partial charge in [-0.3, -0.25) is 9.36 Å². The van der Waals surface area contributed by atoms with Crippen LogP contribution in [0.5, 0.6) is 0 Å². The normalized spacial score (nSPS) is 10.8. The minimum atomic E-state index is 0.0236. The van der Waals surface area contributed by atoms with Crippen LogP contribution in [0.25, 0.3) is 0 Å². The number of nitrogens with two attached hydrogens (primary N) is 1. The van der Waals surface area contributed by atoms with E-state index in [4.69, 9.17) is 5.73 Å². The molecule has 1 aromatic heterocycles. The van der Waals surface area contributed by atoms with Gasteiger partial charge < -0.3 is 5.73 Å². The highest BCUT2D eigenvalue weighted by Gasteiger charge is 2.04. The summed E-state index contributed by atoms with van der Waals surface area (Å²) in [4.78, 5) is 15.7. The number of aromatic nitrogens is 2. The first-order valence-electron chi connectivity index (χ1n) is 4.42. The lowest BCUT2D eigenvalue weighted by atomic mass is 10.2. The molecule has 0 amide bonds. The molecule has 13 heavy (non-hydrogen) atoms. The Kier molecular flexibility index (Phi) is 3.19. The van der Waals surface area contributed by atoms with Crippen LogP contribution in [0.4, 0.5) is 0 Å². The monoisotopic (exact) mass is 181 g/mol. The van der Waals surface area contributed by atoms with Crippen LogP contribution in [0.15, 0.2) is 17.3 Å². The third kappa shape index (κ3) is 2.15. The van der Waals surface area contributed by atoms with E-state index >= 15 is 0 Å². The van der Waals surface area contributed by atoms with Gasteiger partial charge in [0.15, 0.2) is 0 Å². The highest BCUT2D eigenvalue weighted by atomic mass is 16.1. The zero-order valence-electron chi connectivity index (χ0n) is 8.03. The van der Waals surface area contributed by atoms with Crippen LogP contribution >= 0.6 is 0 Å². The van der Waals surface area contributed by atoms with Crippen LogP contribution < -0.4 is 11.3 Å². The van der Waals surface area contributed by atoms with Crippen molar-refractivity contribution in [3.8, 4) is 0 Å². The molecule has 0 saturated carbocycles. The molecule has 1 rings (SSSR count). The van der Waals surface area contributed by atoms with Crippen LogP contribution in [0, 0.1) is 0 Å². The van der Waals surface area contributed by atoms with Gasteiger partial charge >= 0.3 is 0 Å². The Bertz CT molecular complexity index is 330. The average molecular weight is 181 g/mol. The Labute approximate surface area is 77.4 Å². The lowest BCUT2D eigenvalue weighted by Gasteiger charge is -2.09. The minimum Gasteiger partial charge on any atom is -0.330 e. The number of hydrogen-bond acceptors (Lipinski definition) is 3. The van der Waals surface area contributed by atoms with Crippen LogP contribution in [0.3, 0.4) is 0 Å². The summed E-state index contributed by atoms with van der Waals surface area (Å²) in [7, 11) is 0. The van der Waals surface area contributed by atoms with Crippen molar-refractivity contribution in [3.63, 3.8) is 0 Å². The zero-order valence-corrected chi connectivity index (χ0v) is 8.03. The van der Waals surface area contributed by atoms with Crippen molar-refractivity contribution in [3.05, 3.63) is 28.4 Å². The fourth-order valence-electron chi connectivity index (χ4n) is 1.16. The van der Waals surface area contributed by atoms with Gasteiger partial charge in [0.25, 0.3) is 5.56 Å². The molecule has 4 heteroatoms. The van der Waals surface area contributed by atoms with E-state index in [-0.39, 0.29) is 11.6 Å². The maximum absolute atomic E-state index is 11.7. The van der Waals surface area contributed by atoms with Crippen molar-refractivity contribution in [2.24, 2.45) is 5.73 Å². The van der Waals surface area contributed by atoms with Crippen molar-refractivity contribution in [2.75, 3.05) is 6.54 Å². The summed E-state index contributed by atoms with van der Waals surface area (Å²) in [5, 5.41) is 0. The largest absolute Gasteiger partial charge is 0.330 e. The van der Waals surface area contributed by atoms with Crippen LogP contribution in [-0.2, 0) is 6.42 Å². The third-order valence-electron chi connectivity index (χ3n) is 1.90. The Morgan fingerprint density at radius 3 is 2.85 bits per heavy atom. The highest BCUT2D eigenvalue weighted by molar-refractivity contribution is 5.05. The second-order valence-corrected chi connectivity index (χ2v) is 3.26. The summed E-state index contributed by atoms with van der Waals surface area (Å²) in [6.07, 6.45) is 3.75. The summed E-state index contributed by atoms with van der Waals surface area (Å²) in [6, 6.07) is 0.151. The molecule has 0 aliphatic carbocycles. The maximum Gasteiger partial charge on any atom is 0.256 e. The molecule has 0 saturated heterocycles. The van der Waals surface area contributed by atoms with E-state index in [2.05, 4.69) is 4.98 Å². The molecular formula is C9H15N3O. The second kappa shape index (κ2) is 4.18. The number of nitrogens with zero attached hydrogens (tertiary/aromatic N) is 2. The lowest BCUT2D eigenvalue weighted by Crippen LogP contribution is -2.26. The molecule has 0 fully saturated rings. The highest BCUT2D eigenvalue weighted by Crippen LogP contribution is 1.98. The van der Waals surface area contributed by atoms with E-state index in [9.17, 15) is 4.79 Å². The van der Waals surface area contributed by atoms with E-state index in [0.29, 0.717) is 18.5 Å². The lowest BCUT2D eigenvalue weighted by molar-refractivity contribution is 0.561. The Morgan fingerprint density at radius 1 is 1.62 bits per heavy atom. The van der Waals surface area contributed by atoms with E-state index in [1.54, 1.807) is 17.1 Å². The van der Waals surface area contributed by atoms with E-state index in [1.165, 1.54) is 0 Å². The quantitative estimate of drug-likeness (QED) is 0.730. The van der Waals surface area contributed by atoms with Crippen LogP contribution in [0.2, 0.25) is 0 Å². The fourth-order valence-corrected chi connectivity index (χ4v) is 1.16. The van der Waals surface area contributed by atoms with Gasteiger partial charge in [-0.1, -0.05) is 0 Å². The third-order valence-corrected chi connectivity index (χ3v) is 1.90. The van der Waals surface area contributed by atoms with Crippen molar-refractivity contribution >= 4 is 0 Å². The summed E-state index contributed by atoms with van der Waals surface area (Å²) in [5.74, 6) is 0. The zero-order chi connectivity index (χ0) is 9.84. The molecule has 72 valence electrons. The van der Waals surface area contributed by atoms with Crippen LogP contribution in [0.1, 0.15) is 25.5 Å². The minimum absolute atomic E-state index is 0.0236. The summed E-state index contributed by atoms with van der Waals surface area (Å²) < 4.78 is 1.62. The number of hydrogen-bond donors (Lipinski definition) is 1. The van der Waals surface area contributed by atoms with E-state index in [1.807, 2.05) is 13.8 Å². The van der Waals surface area contributed by atoms with Gasteiger partial charge in [0.2, 0.25) is 0 Å². The fraction of sp³-hybridized carbons (Fsp3) is 0.556. The topological polar surface area (TPSA) is 60.9 Å². The predicted octanol–water partition coefficient (Wildman–Crippen LogP) is 0.325. The van der Waals surface area contributed by atoms with Gasteiger partial charge in [-0.2, -0.15) is 0 Å². The molecule has 1 heterocycles. The Hall–Kier alpha value is -1.16. The molecule has 4 nitrogen and oxygen atoms in total. The smallest absolute Gasteiger partial charge is 0.256 e. The molecule has 0 bridgehead atoms. The molecule has 1 aromatic rings. The van der Waals surface area contributed by atoms with Gasteiger partial charge in [0, 0.05) is 17.8 Å². The van der Waals surface area contributed by atoms with Crippen LogP contribution in [-0.4, -0.2) is 16.1 Å². The summed E-state index contributed by atoms with van der Waals surface area (Å²) >= 11 is 0. The van der Waals surface area contributed by atoms with E-state index < -0.39 is 0 Å². The molecule has 2 N–H and O–H groups in total. The molecule has 0 aliphatic heterocycles. The van der Waals surface area contributed by atoms with Gasteiger partial charge in [0.05, 0.1) is 6.33 Å². The molecule has 0 aromatic carbocycles. The average Bonchev–Trinajstić information content (AvgIpc) is 2.08. The first-order chi connectivity index (χ1) is 6.16. The molecule has 0 atom stereocenters. The van der Waals surface area contributed by atoms with Gasteiger partial charge in [-0.15, -0.1) is 0 Å². The van der Waals surface area contributed by atoms with Crippen molar-refractivity contribution in [1.29, 1.82) is 0 Å². The van der Waals surface area contributed by atoms with Gasteiger partial charge in [0.1, 0.15) is 0 Å². The first-order valence-corrected chi connectivity index (χ1v) is 4.42. The molecular weight excluding hydrogens is 166 g/mol. The number of rotatable bonds is 3.